The number of hydrogen-bond donors (Lipinski definition) is 1. The Labute approximate surface area is 121 Å². The Morgan fingerprint density at radius 1 is 1.33 bits per heavy atom. The molecular weight excluding hydrogens is 283 g/mol. The summed E-state index contributed by atoms with van der Waals surface area (Å²) < 4.78 is 38.5. The van der Waals surface area contributed by atoms with Gasteiger partial charge >= 0.3 is 6.18 Å². The predicted molar refractivity (Wildman–Crippen MR) is 71.7 cm³/mol. The van der Waals surface area contributed by atoms with E-state index in [9.17, 15) is 23.1 Å². The number of alkyl halides is 3. The molecule has 0 saturated carbocycles. The van der Waals surface area contributed by atoms with Crippen molar-refractivity contribution in [1.82, 2.24) is 4.90 Å². The van der Waals surface area contributed by atoms with Gasteiger partial charge in [-0.05, 0) is 25.3 Å². The number of benzene rings is 1. The summed E-state index contributed by atoms with van der Waals surface area (Å²) in [4.78, 5) is 13.2. The summed E-state index contributed by atoms with van der Waals surface area (Å²) >= 11 is 0. The second-order valence-corrected chi connectivity index (χ2v) is 5.61. The molecule has 1 aliphatic rings. The maximum absolute atomic E-state index is 12.8. The summed E-state index contributed by atoms with van der Waals surface area (Å²) in [7, 11) is 0. The smallest absolute Gasteiger partial charge is 0.379 e. The Balaban J connectivity index is 2.04. The summed E-state index contributed by atoms with van der Waals surface area (Å²) in [6.07, 6.45) is -4.87. The minimum Gasteiger partial charge on any atom is -0.379 e. The summed E-state index contributed by atoms with van der Waals surface area (Å²) in [5.74, 6) is -0.388. The summed E-state index contributed by atoms with van der Waals surface area (Å²) in [5.41, 5.74) is -0.976. The van der Waals surface area contributed by atoms with Crippen LogP contribution in [0.1, 0.15) is 24.0 Å². The van der Waals surface area contributed by atoms with Crippen LogP contribution < -0.4 is 0 Å². The van der Waals surface area contributed by atoms with E-state index in [-0.39, 0.29) is 31.7 Å². The lowest BCUT2D eigenvalue weighted by Crippen LogP contribution is -2.58. The highest BCUT2D eigenvalue weighted by Gasteiger charge is 2.55. The van der Waals surface area contributed by atoms with Crippen LogP contribution >= 0.6 is 0 Å². The topological polar surface area (TPSA) is 40.5 Å². The van der Waals surface area contributed by atoms with Gasteiger partial charge in [-0.25, -0.2) is 0 Å². The van der Waals surface area contributed by atoms with Crippen LogP contribution in [-0.2, 0) is 11.2 Å². The zero-order chi connectivity index (χ0) is 15.7. The van der Waals surface area contributed by atoms with Crippen LogP contribution in [0.2, 0.25) is 0 Å². The predicted octanol–water partition coefficient (Wildman–Crippen LogP) is 2.45. The van der Waals surface area contributed by atoms with Crippen LogP contribution in [-0.4, -0.2) is 40.8 Å². The number of β-amino-alcohol motifs (C(OH)–C–C–N with tert-alkyl or cyclic N) is 1. The van der Waals surface area contributed by atoms with Gasteiger partial charge in [0.05, 0.1) is 13.0 Å². The summed E-state index contributed by atoms with van der Waals surface area (Å²) in [6, 6.07) is 7.27. The van der Waals surface area contributed by atoms with Gasteiger partial charge in [0.1, 0.15) is 0 Å². The number of likely N-dealkylation sites (tertiary alicyclic amines) is 1. The number of piperidine rings is 1. The van der Waals surface area contributed by atoms with Crippen molar-refractivity contribution in [2.24, 2.45) is 0 Å². The van der Waals surface area contributed by atoms with E-state index >= 15 is 0 Å². The number of nitrogens with zero attached hydrogens (tertiary/aromatic N) is 1. The highest BCUT2D eigenvalue weighted by atomic mass is 19.4. The molecule has 6 heteroatoms. The molecule has 1 heterocycles. The lowest BCUT2D eigenvalue weighted by molar-refractivity contribution is -0.272. The molecule has 0 aromatic heterocycles. The Hall–Kier alpha value is -1.56. The minimum absolute atomic E-state index is 0.0498. The average Bonchev–Trinajstić information content (AvgIpc) is 2.40. The van der Waals surface area contributed by atoms with Crippen molar-refractivity contribution >= 4 is 5.91 Å². The Morgan fingerprint density at radius 3 is 2.52 bits per heavy atom. The van der Waals surface area contributed by atoms with E-state index in [0.717, 1.165) is 16.0 Å². The van der Waals surface area contributed by atoms with Crippen LogP contribution in [0.5, 0.6) is 0 Å². The number of amides is 1. The van der Waals surface area contributed by atoms with Gasteiger partial charge < -0.3 is 10.0 Å². The van der Waals surface area contributed by atoms with Crippen molar-refractivity contribution in [3.05, 3.63) is 35.4 Å². The van der Waals surface area contributed by atoms with Crippen LogP contribution in [0, 0.1) is 6.92 Å². The average molecular weight is 301 g/mol. The first-order valence-electron chi connectivity index (χ1n) is 6.84. The van der Waals surface area contributed by atoms with Gasteiger partial charge in [-0.2, -0.15) is 13.2 Å². The molecule has 2 rings (SSSR count). The highest BCUT2D eigenvalue weighted by molar-refractivity contribution is 5.79. The van der Waals surface area contributed by atoms with E-state index in [4.69, 9.17) is 0 Å². The third kappa shape index (κ3) is 3.56. The Morgan fingerprint density at radius 2 is 1.95 bits per heavy atom. The van der Waals surface area contributed by atoms with Gasteiger partial charge in [0.15, 0.2) is 5.60 Å². The summed E-state index contributed by atoms with van der Waals surface area (Å²) in [6.45, 7) is 1.49. The zero-order valence-corrected chi connectivity index (χ0v) is 11.8. The zero-order valence-electron chi connectivity index (χ0n) is 11.8. The fraction of sp³-hybridized carbons (Fsp3) is 0.533. The summed E-state index contributed by atoms with van der Waals surface area (Å²) in [5, 5.41) is 9.71. The number of hydrogen-bond acceptors (Lipinski definition) is 2. The van der Waals surface area contributed by atoms with Gasteiger partial charge in [-0.3, -0.25) is 4.79 Å². The highest BCUT2D eigenvalue weighted by Crippen LogP contribution is 2.37. The fourth-order valence-corrected chi connectivity index (χ4v) is 2.47. The number of halogens is 3. The molecule has 1 amide bonds. The maximum atomic E-state index is 12.8. The van der Waals surface area contributed by atoms with Crippen molar-refractivity contribution in [1.29, 1.82) is 0 Å². The quantitative estimate of drug-likeness (QED) is 0.911. The van der Waals surface area contributed by atoms with E-state index in [1.54, 1.807) is 12.1 Å². The second kappa shape index (κ2) is 5.67. The molecule has 116 valence electrons. The fourth-order valence-electron chi connectivity index (χ4n) is 2.47. The van der Waals surface area contributed by atoms with Crippen molar-refractivity contribution < 1.29 is 23.1 Å². The van der Waals surface area contributed by atoms with E-state index in [2.05, 4.69) is 0 Å². The first-order valence-corrected chi connectivity index (χ1v) is 6.84. The number of carbonyl (C=O) groups excluding carboxylic acids is 1. The molecule has 0 aliphatic carbocycles. The van der Waals surface area contributed by atoms with Crippen molar-refractivity contribution in [2.75, 3.05) is 13.1 Å². The SMILES string of the molecule is Cc1ccc(CC(=O)N2CCC[C@@](O)(C(F)(F)F)C2)cc1. The molecule has 0 bridgehead atoms. The van der Waals surface area contributed by atoms with Crippen molar-refractivity contribution in [3.63, 3.8) is 0 Å². The molecule has 0 unspecified atom stereocenters. The molecule has 1 atom stereocenters. The lowest BCUT2D eigenvalue weighted by Gasteiger charge is -2.40. The van der Waals surface area contributed by atoms with Gasteiger partial charge in [-0.1, -0.05) is 29.8 Å². The molecular formula is C15H18F3NO2. The lowest BCUT2D eigenvalue weighted by atomic mass is 9.92. The second-order valence-electron chi connectivity index (χ2n) is 5.61. The van der Waals surface area contributed by atoms with Gasteiger partial charge in [0.2, 0.25) is 5.91 Å². The molecule has 1 fully saturated rings. The van der Waals surface area contributed by atoms with Crippen LogP contribution in [0.25, 0.3) is 0 Å². The molecule has 1 aromatic carbocycles. The molecule has 3 nitrogen and oxygen atoms in total. The van der Waals surface area contributed by atoms with Crippen LogP contribution in [0.15, 0.2) is 24.3 Å². The molecule has 1 saturated heterocycles. The van der Waals surface area contributed by atoms with E-state index in [0.29, 0.717) is 0 Å². The minimum atomic E-state index is -4.71. The van der Waals surface area contributed by atoms with Crippen molar-refractivity contribution in [2.45, 2.75) is 38.0 Å². The van der Waals surface area contributed by atoms with Gasteiger partial charge in [-0.15, -0.1) is 0 Å². The maximum Gasteiger partial charge on any atom is 0.418 e. The number of carbonyl (C=O) groups is 1. The van der Waals surface area contributed by atoms with Crippen LogP contribution in [0.4, 0.5) is 13.2 Å². The Kier molecular flexibility index (Phi) is 4.27. The molecule has 1 N–H and O–H groups in total. The van der Waals surface area contributed by atoms with E-state index < -0.39 is 18.3 Å². The number of rotatable bonds is 2. The van der Waals surface area contributed by atoms with E-state index in [1.807, 2.05) is 19.1 Å². The third-order valence-electron chi connectivity index (χ3n) is 3.83. The first kappa shape index (κ1) is 15.8. The third-order valence-corrected chi connectivity index (χ3v) is 3.83. The van der Waals surface area contributed by atoms with E-state index in [1.165, 1.54) is 0 Å². The molecule has 0 spiro atoms. The van der Waals surface area contributed by atoms with Gasteiger partial charge in [0.25, 0.3) is 0 Å². The number of aryl methyl sites for hydroxylation is 1. The molecule has 1 aromatic rings. The van der Waals surface area contributed by atoms with Crippen LogP contribution in [0.3, 0.4) is 0 Å². The monoisotopic (exact) mass is 301 g/mol. The molecule has 21 heavy (non-hydrogen) atoms. The number of aliphatic hydroxyl groups is 1. The Bertz CT molecular complexity index is 513. The largest absolute Gasteiger partial charge is 0.418 e. The standard InChI is InChI=1S/C15H18F3NO2/c1-11-3-5-12(6-4-11)9-13(20)19-8-2-7-14(21,10-19)15(16,17)18/h3-6,21H,2,7-10H2,1H3/t14-/m0/s1. The first-order chi connectivity index (χ1) is 9.71. The normalized spacial score (nSPS) is 23.2. The van der Waals surface area contributed by atoms with Gasteiger partial charge in [0, 0.05) is 6.54 Å². The molecule has 1 aliphatic heterocycles. The van der Waals surface area contributed by atoms with Crippen molar-refractivity contribution in [3.8, 4) is 0 Å². The molecule has 0 radical (unpaired) electrons.